The van der Waals surface area contributed by atoms with Crippen LogP contribution in [0.1, 0.15) is 42.3 Å². The molecule has 0 aliphatic rings. The molecule has 6 aromatic rings. The minimum atomic E-state index is -0.201. The highest BCUT2D eigenvalue weighted by Crippen LogP contribution is 2.25. The van der Waals surface area contributed by atoms with E-state index in [2.05, 4.69) is 48.2 Å². The molecule has 0 amide bonds. The molecule has 0 unspecified atom stereocenters. The van der Waals surface area contributed by atoms with Gasteiger partial charge in [0.25, 0.3) is 5.56 Å². The summed E-state index contributed by atoms with van der Waals surface area (Å²) in [5.74, 6) is 1.34. The van der Waals surface area contributed by atoms with Crippen LogP contribution >= 0.6 is 11.3 Å². The topological polar surface area (TPSA) is 74.3 Å². The predicted octanol–water partition coefficient (Wildman–Crippen LogP) is 6.21. The van der Waals surface area contributed by atoms with Gasteiger partial charge < -0.3 is 4.74 Å². The van der Waals surface area contributed by atoms with Gasteiger partial charge in [-0.2, -0.15) is 14.6 Å². The van der Waals surface area contributed by atoms with E-state index in [-0.39, 0.29) is 5.56 Å². The molecule has 3 aromatic heterocycles. The number of hydrogen-bond donors (Lipinski definition) is 0. The third kappa shape index (κ3) is 5.88. The maximum atomic E-state index is 13.3. The van der Waals surface area contributed by atoms with Crippen LogP contribution in [-0.4, -0.2) is 31.0 Å². The number of fused-ring (bicyclic) bond motifs is 1. The minimum Gasteiger partial charge on any atom is -0.494 e. The second-order valence-electron chi connectivity index (χ2n) is 9.76. The molecule has 0 atom stereocenters. The molecule has 7 nitrogen and oxygen atoms in total. The molecule has 0 N–H and O–H groups in total. The van der Waals surface area contributed by atoms with E-state index in [9.17, 15) is 4.79 Å². The zero-order valence-corrected chi connectivity index (χ0v) is 23.7. The van der Waals surface area contributed by atoms with Crippen molar-refractivity contribution in [2.45, 2.75) is 26.7 Å². The lowest BCUT2D eigenvalue weighted by molar-refractivity contribution is 0.309. The van der Waals surface area contributed by atoms with Crippen LogP contribution in [0.3, 0.4) is 0 Å². The van der Waals surface area contributed by atoms with E-state index in [1.54, 1.807) is 0 Å². The van der Waals surface area contributed by atoms with E-state index in [1.807, 2.05) is 83.7 Å². The second-order valence-corrected chi connectivity index (χ2v) is 10.8. The number of unbranched alkanes of at least 4 members (excludes halogenated alkanes) is 1. The summed E-state index contributed by atoms with van der Waals surface area (Å²) in [6.45, 7) is 4.92. The summed E-state index contributed by atoms with van der Waals surface area (Å²) in [6, 6.07) is 26.1. The number of rotatable bonds is 9. The van der Waals surface area contributed by atoms with Crippen LogP contribution in [0.2, 0.25) is 0 Å². The number of ether oxygens (including phenoxy) is 1. The fraction of sp³-hybridized carbons (Fsp3) is 0.152. The Labute approximate surface area is 241 Å². The molecule has 8 heteroatoms. The van der Waals surface area contributed by atoms with E-state index in [1.165, 1.54) is 21.4 Å². The molecule has 0 radical (unpaired) electrons. The van der Waals surface area contributed by atoms with Gasteiger partial charge in [0, 0.05) is 17.3 Å². The fourth-order valence-corrected chi connectivity index (χ4v) is 5.29. The Hall–Kier alpha value is -4.82. The zero-order chi connectivity index (χ0) is 28.2. The molecular weight excluding hydrogens is 530 g/mol. The molecule has 3 heterocycles. The summed E-state index contributed by atoms with van der Waals surface area (Å²) < 4.78 is 9.49. The van der Waals surface area contributed by atoms with Crippen LogP contribution in [0.15, 0.2) is 89.9 Å². The summed E-state index contributed by atoms with van der Waals surface area (Å²) in [7, 11) is 0. The molecule has 0 fully saturated rings. The maximum Gasteiger partial charge on any atom is 0.291 e. The van der Waals surface area contributed by atoms with Crippen molar-refractivity contribution in [3.63, 3.8) is 0 Å². The summed E-state index contributed by atoms with van der Waals surface area (Å²) in [5, 5.41) is 9.32. The third-order valence-electron chi connectivity index (χ3n) is 6.64. The quantitative estimate of drug-likeness (QED) is 0.197. The molecule has 3 aromatic carbocycles. The van der Waals surface area contributed by atoms with Gasteiger partial charge >= 0.3 is 0 Å². The SMILES string of the molecule is CCCCOc1ccc(/C=C/c2nc3s/c(=C\c4cn(-c5ccccc5)nc4-c4ccc(C)cc4)c(=O)n3n2)cc1. The second kappa shape index (κ2) is 11.7. The van der Waals surface area contributed by atoms with Crippen molar-refractivity contribution >= 4 is 34.5 Å². The number of nitrogens with zero attached hydrogens (tertiary/aromatic N) is 5. The van der Waals surface area contributed by atoms with Gasteiger partial charge in [0.05, 0.1) is 22.5 Å². The predicted molar refractivity (Wildman–Crippen MR) is 165 cm³/mol. The monoisotopic (exact) mass is 559 g/mol. The van der Waals surface area contributed by atoms with Crippen molar-refractivity contribution in [3.05, 3.63) is 122 Å². The van der Waals surface area contributed by atoms with Gasteiger partial charge in [-0.05, 0) is 55.3 Å². The lowest BCUT2D eigenvalue weighted by atomic mass is 10.1. The Bertz CT molecular complexity index is 1920. The maximum absolute atomic E-state index is 13.3. The molecular formula is C33H29N5O2S. The van der Waals surface area contributed by atoms with Crippen LogP contribution in [0.5, 0.6) is 5.75 Å². The number of benzene rings is 3. The molecule has 41 heavy (non-hydrogen) atoms. The largest absolute Gasteiger partial charge is 0.494 e. The van der Waals surface area contributed by atoms with Gasteiger partial charge in [0.2, 0.25) is 4.96 Å². The smallest absolute Gasteiger partial charge is 0.291 e. The molecule has 0 bridgehead atoms. The summed E-state index contributed by atoms with van der Waals surface area (Å²) in [4.78, 5) is 18.4. The Morgan fingerprint density at radius 2 is 1.71 bits per heavy atom. The summed E-state index contributed by atoms with van der Waals surface area (Å²) in [5.41, 5.74) is 5.55. The number of hydrogen-bond acceptors (Lipinski definition) is 6. The van der Waals surface area contributed by atoms with Crippen molar-refractivity contribution < 1.29 is 4.74 Å². The zero-order valence-electron chi connectivity index (χ0n) is 22.9. The van der Waals surface area contributed by atoms with Crippen molar-refractivity contribution in [1.82, 2.24) is 24.4 Å². The molecule has 0 saturated carbocycles. The van der Waals surface area contributed by atoms with E-state index in [0.717, 1.165) is 53.3 Å². The number of aryl methyl sites for hydroxylation is 1. The molecule has 0 aliphatic heterocycles. The average Bonchev–Trinajstić information content (AvgIpc) is 3.68. The first-order valence-corrected chi connectivity index (χ1v) is 14.4. The highest BCUT2D eigenvalue weighted by molar-refractivity contribution is 7.15. The Balaban J connectivity index is 1.30. The van der Waals surface area contributed by atoms with Crippen molar-refractivity contribution in [3.8, 4) is 22.7 Å². The first-order valence-electron chi connectivity index (χ1n) is 13.6. The van der Waals surface area contributed by atoms with Gasteiger partial charge in [0.1, 0.15) is 5.75 Å². The fourth-order valence-electron chi connectivity index (χ4n) is 4.38. The van der Waals surface area contributed by atoms with E-state index < -0.39 is 0 Å². The summed E-state index contributed by atoms with van der Waals surface area (Å²) >= 11 is 1.32. The average molecular weight is 560 g/mol. The van der Waals surface area contributed by atoms with Crippen molar-refractivity contribution in [2.24, 2.45) is 0 Å². The normalized spacial score (nSPS) is 12.1. The van der Waals surface area contributed by atoms with Gasteiger partial charge in [-0.25, -0.2) is 4.68 Å². The molecule has 0 spiro atoms. The Morgan fingerprint density at radius 1 is 0.927 bits per heavy atom. The Morgan fingerprint density at radius 3 is 2.44 bits per heavy atom. The highest BCUT2D eigenvalue weighted by atomic mass is 32.1. The lowest BCUT2D eigenvalue weighted by Gasteiger charge is -2.04. The van der Waals surface area contributed by atoms with Crippen molar-refractivity contribution in [1.29, 1.82) is 0 Å². The van der Waals surface area contributed by atoms with E-state index >= 15 is 0 Å². The van der Waals surface area contributed by atoms with Crippen LogP contribution in [0, 0.1) is 6.92 Å². The van der Waals surface area contributed by atoms with Gasteiger partial charge in [-0.15, -0.1) is 5.10 Å². The molecule has 0 aliphatic carbocycles. The Kier molecular flexibility index (Phi) is 7.56. The van der Waals surface area contributed by atoms with E-state index in [0.29, 0.717) is 15.3 Å². The van der Waals surface area contributed by atoms with E-state index in [4.69, 9.17) is 9.84 Å². The van der Waals surface area contributed by atoms with Crippen LogP contribution in [-0.2, 0) is 0 Å². The molecule has 6 rings (SSSR count). The van der Waals surface area contributed by atoms with Crippen molar-refractivity contribution in [2.75, 3.05) is 6.61 Å². The minimum absolute atomic E-state index is 0.201. The van der Waals surface area contributed by atoms with Gasteiger partial charge in [-0.3, -0.25) is 4.79 Å². The van der Waals surface area contributed by atoms with Crippen LogP contribution < -0.4 is 14.8 Å². The number of aromatic nitrogens is 5. The highest BCUT2D eigenvalue weighted by Gasteiger charge is 2.14. The first kappa shape index (κ1) is 26.4. The van der Waals surface area contributed by atoms with Gasteiger partial charge in [-0.1, -0.05) is 90.9 Å². The number of thiazole rings is 1. The van der Waals surface area contributed by atoms with Crippen LogP contribution in [0.4, 0.5) is 0 Å². The summed E-state index contributed by atoms with van der Waals surface area (Å²) in [6.07, 6.45) is 9.72. The van der Waals surface area contributed by atoms with Crippen LogP contribution in [0.25, 0.3) is 40.1 Å². The standard InChI is InChI=1S/C33H29N5O2S/c1-3-4-20-40-28-17-12-24(13-18-28)14-19-30-34-33-38(35-30)32(39)29(41-33)21-26-22-37(27-8-6-5-7-9-27)36-31(26)25-15-10-23(2)11-16-25/h5-19,21-22H,3-4,20H2,1-2H3/b19-14+,29-21-. The first-order chi connectivity index (χ1) is 20.1. The molecule has 204 valence electrons. The lowest BCUT2D eigenvalue weighted by Crippen LogP contribution is -2.23. The number of para-hydroxylation sites is 1. The molecule has 0 saturated heterocycles. The van der Waals surface area contributed by atoms with Gasteiger partial charge in [0.15, 0.2) is 5.82 Å². The third-order valence-corrected chi connectivity index (χ3v) is 7.60.